The van der Waals surface area contributed by atoms with Crippen molar-refractivity contribution in [3.8, 4) is 5.75 Å². The van der Waals surface area contributed by atoms with Crippen LogP contribution in [-0.4, -0.2) is 8.32 Å². The summed E-state index contributed by atoms with van der Waals surface area (Å²) in [5, 5.41) is 0.0488. The molecule has 0 aliphatic heterocycles. The number of hydrogen-bond acceptors (Lipinski definition) is 2. The highest BCUT2D eigenvalue weighted by Crippen LogP contribution is 2.38. The molecule has 0 aromatic heterocycles. The summed E-state index contributed by atoms with van der Waals surface area (Å²) in [5.74, 6) is -0.0258. The lowest BCUT2D eigenvalue weighted by Crippen LogP contribution is -2.44. The minimum atomic E-state index is -2.01. The van der Waals surface area contributed by atoms with Gasteiger partial charge >= 0.3 is 0 Å². The van der Waals surface area contributed by atoms with Crippen molar-refractivity contribution in [2.45, 2.75) is 52.2 Å². The third-order valence-electron chi connectivity index (χ3n) is 3.75. The summed E-state index contributed by atoms with van der Waals surface area (Å²) >= 11 is 0. The number of benzene rings is 1. The third-order valence-corrected chi connectivity index (χ3v) is 8.09. The molecule has 4 heteroatoms. The number of nitrogen functional groups attached to an aromatic ring is 1. The molecule has 1 rings (SSSR count). The van der Waals surface area contributed by atoms with Crippen LogP contribution in [0.2, 0.25) is 18.1 Å². The molecule has 0 saturated carbocycles. The van der Waals surface area contributed by atoms with Gasteiger partial charge in [0.05, 0.1) is 0 Å². The van der Waals surface area contributed by atoms with Crippen LogP contribution in [0.3, 0.4) is 0 Å². The lowest BCUT2D eigenvalue weighted by atomic mass is 10.1. The normalized spacial score (nSPS) is 12.6. The summed E-state index contributed by atoms with van der Waals surface area (Å²) in [6.07, 6.45) is 0.778. The molecule has 1 aromatic carbocycles. The van der Waals surface area contributed by atoms with Crippen LogP contribution in [0.15, 0.2) is 12.1 Å². The zero-order valence-corrected chi connectivity index (χ0v) is 13.2. The Morgan fingerprint density at radius 1 is 1.28 bits per heavy atom. The van der Waals surface area contributed by atoms with Gasteiger partial charge in [-0.05, 0) is 36.2 Å². The highest BCUT2D eigenvalue weighted by Gasteiger charge is 2.39. The van der Waals surface area contributed by atoms with E-state index in [4.69, 9.17) is 10.2 Å². The van der Waals surface area contributed by atoms with E-state index < -0.39 is 8.32 Å². The van der Waals surface area contributed by atoms with Gasteiger partial charge in [-0.1, -0.05) is 27.7 Å². The SMILES string of the molecule is CCc1cc(O[Si](C)(C)C(C)(C)C)c(F)cc1N. The molecule has 0 amide bonds. The number of nitrogens with two attached hydrogens (primary N) is 1. The first-order valence-electron chi connectivity index (χ1n) is 6.35. The van der Waals surface area contributed by atoms with E-state index >= 15 is 0 Å². The summed E-state index contributed by atoms with van der Waals surface area (Å²) in [7, 11) is -2.01. The molecule has 0 radical (unpaired) electrons. The lowest BCUT2D eigenvalue weighted by Gasteiger charge is -2.36. The Labute approximate surface area is 110 Å². The first-order chi connectivity index (χ1) is 8.08. The third kappa shape index (κ3) is 3.04. The smallest absolute Gasteiger partial charge is 0.250 e. The lowest BCUT2D eigenvalue weighted by molar-refractivity contribution is 0.456. The molecule has 2 N–H and O–H groups in total. The number of rotatable bonds is 3. The minimum absolute atomic E-state index is 0.0488. The zero-order valence-electron chi connectivity index (χ0n) is 12.2. The van der Waals surface area contributed by atoms with Crippen LogP contribution in [0.5, 0.6) is 5.75 Å². The molecule has 0 saturated heterocycles. The van der Waals surface area contributed by atoms with Crippen LogP contribution in [-0.2, 0) is 6.42 Å². The van der Waals surface area contributed by atoms with Crippen LogP contribution in [0.4, 0.5) is 10.1 Å². The molecule has 102 valence electrons. The molecule has 1 aromatic rings. The Morgan fingerprint density at radius 2 is 1.83 bits per heavy atom. The van der Waals surface area contributed by atoms with E-state index in [0.717, 1.165) is 12.0 Å². The topological polar surface area (TPSA) is 35.2 Å². The predicted octanol–water partition coefficient (Wildman–Crippen LogP) is 4.35. The molecule has 0 bridgehead atoms. The second-order valence-corrected chi connectivity index (χ2v) is 10.9. The Kier molecular flexibility index (Phi) is 4.11. The van der Waals surface area contributed by atoms with Gasteiger partial charge in [0, 0.05) is 11.8 Å². The number of halogens is 1. The first-order valence-corrected chi connectivity index (χ1v) is 9.26. The highest BCUT2D eigenvalue weighted by atomic mass is 28.4. The molecular formula is C14H24FNOSi. The van der Waals surface area contributed by atoms with Crippen molar-refractivity contribution in [1.82, 2.24) is 0 Å². The van der Waals surface area contributed by atoms with Crippen molar-refractivity contribution in [3.05, 3.63) is 23.5 Å². The molecule has 0 unspecified atom stereocenters. The van der Waals surface area contributed by atoms with Crippen LogP contribution in [0.25, 0.3) is 0 Å². The van der Waals surface area contributed by atoms with Gasteiger partial charge in [0.15, 0.2) is 5.82 Å². The second-order valence-electron chi connectivity index (χ2n) is 6.20. The van der Waals surface area contributed by atoms with E-state index in [0.29, 0.717) is 11.4 Å². The van der Waals surface area contributed by atoms with Gasteiger partial charge in [0.1, 0.15) is 5.75 Å². The van der Waals surface area contributed by atoms with Crippen LogP contribution in [0.1, 0.15) is 33.3 Å². The molecule has 0 spiro atoms. The minimum Gasteiger partial charge on any atom is -0.542 e. The molecule has 18 heavy (non-hydrogen) atoms. The van der Waals surface area contributed by atoms with Crippen molar-refractivity contribution in [2.24, 2.45) is 0 Å². The van der Waals surface area contributed by atoms with Crippen LogP contribution in [0, 0.1) is 5.82 Å². The highest BCUT2D eigenvalue weighted by molar-refractivity contribution is 6.74. The fraction of sp³-hybridized carbons (Fsp3) is 0.571. The van der Waals surface area contributed by atoms with E-state index in [1.165, 1.54) is 6.07 Å². The average molecular weight is 269 g/mol. The van der Waals surface area contributed by atoms with Crippen molar-refractivity contribution in [3.63, 3.8) is 0 Å². The van der Waals surface area contributed by atoms with Crippen LogP contribution >= 0.6 is 0 Å². The maximum absolute atomic E-state index is 13.9. The number of hydrogen-bond donors (Lipinski definition) is 1. The molecule has 0 heterocycles. The molecular weight excluding hydrogens is 245 g/mol. The van der Waals surface area contributed by atoms with Crippen molar-refractivity contribution in [1.29, 1.82) is 0 Å². The largest absolute Gasteiger partial charge is 0.542 e. The summed E-state index contributed by atoms with van der Waals surface area (Å²) in [6, 6.07) is 3.10. The zero-order chi connectivity index (χ0) is 14.1. The Bertz CT molecular complexity index is 438. The van der Waals surface area contributed by atoms with Crippen molar-refractivity contribution in [2.75, 3.05) is 5.73 Å². The monoisotopic (exact) mass is 269 g/mol. The Balaban J connectivity index is 3.12. The Hall–Kier alpha value is -1.03. The van der Waals surface area contributed by atoms with E-state index in [2.05, 4.69) is 33.9 Å². The summed E-state index contributed by atoms with van der Waals surface area (Å²) < 4.78 is 19.9. The maximum atomic E-state index is 13.9. The van der Waals surface area contributed by atoms with Gasteiger partial charge in [0.25, 0.3) is 8.32 Å². The summed E-state index contributed by atoms with van der Waals surface area (Å²) in [6.45, 7) is 12.6. The molecule has 0 aliphatic rings. The average Bonchev–Trinajstić information content (AvgIpc) is 2.20. The van der Waals surface area contributed by atoms with E-state index in [-0.39, 0.29) is 10.9 Å². The van der Waals surface area contributed by atoms with Crippen molar-refractivity contribution >= 4 is 14.0 Å². The number of aryl methyl sites for hydroxylation is 1. The quantitative estimate of drug-likeness (QED) is 0.654. The number of anilines is 1. The van der Waals surface area contributed by atoms with E-state index in [9.17, 15) is 4.39 Å². The molecule has 2 nitrogen and oxygen atoms in total. The fourth-order valence-electron chi connectivity index (χ4n) is 1.42. The predicted molar refractivity (Wildman–Crippen MR) is 78.0 cm³/mol. The first kappa shape index (κ1) is 15.0. The summed E-state index contributed by atoms with van der Waals surface area (Å²) in [4.78, 5) is 0. The summed E-state index contributed by atoms with van der Waals surface area (Å²) in [5.41, 5.74) is 7.20. The molecule has 0 atom stereocenters. The fourth-order valence-corrected chi connectivity index (χ4v) is 2.44. The molecule has 0 aliphatic carbocycles. The maximum Gasteiger partial charge on any atom is 0.250 e. The molecule has 0 fully saturated rings. The van der Waals surface area contributed by atoms with Gasteiger partial charge < -0.3 is 10.2 Å². The van der Waals surface area contributed by atoms with Gasteiger partial charge in [0.2, 0.25) is 0 Å². The van der Waals surface area contributed by atoms with E-state index in [1.54, 1.807) is 6.07 Å². The van der Waals surface area contributed by atoms with Gasteiger partial charge in [-0.3, -0.25) is 0 Å². The standard InChI is InChI=1S/C14H24FNOSi/c1-7-10-8-13(11(15)9-12(10)16)17-18(5,6)14(2,3)4/h8-9H,7,16H2,1-6H3. The van der Waals surface area contributed by atoms with Crippen LogP contribution < -0.4 is 10.2 Å². The van der Waals surface area contributed by atoms with Gasteiger partial charge in [-0.15, -0.1) is 0 Å². The van der Waals surface area contributed by atoms with Crippen molar-refractivity contribution < 1.29 is 8.82 Å². The van der Waals surface area contributed by atoms with E-state index in [1.807, 2.05) is 6.92 Å². The van der Waals surface area contributed by atoms with Gasteiger partial charge in [-0.2, -0.15) is 0 Å². The second kappa shape index (κ2) is 4.92. The Morgan fingerprint density at radius 3 is 2.28 bits per heavy atom. The van der Waals surface area contributed by atoms with Gasteiger partial charge in [-0.25, -0.2) is 4.39 Å².